The molecule has 0 amide bonds. The minimum atomic E-state index is -0.209. The van der Waals surface area contributed by atoms with Gasteiger partial charge in [-0.3, -0.25) is 0 Å². The van der Waals surface area contributed by atoms with Crippen LogP contribution in [0, 0.1) is 0 Å². The minimum Gasteiger partial charge on any atom is -0.384 e. The third-order valence-electron chi connectivity index (χ3n) is 3.94. The van der Waals surface area contributed by atoms with Crippen LogP contribution < -0.4 is 5.73 Å². The monoisotopic (exact) mass is 265 g/mol. The standard InChI is InChI=1S/C15H27N3O/c1-5-6-9-18-13(16)12(10-15(2,3)19-4)17-14(18)11-7-8-11/h11H,5-10,16H2,1-4H3. The lowest BCUT2D eigenvalue weighted by molar-refractivity contribution is 0.0226. The van der Waals surface area contributed by atoms with Crippen molar-refractivity contribution in [1.82, 2.24) is 9.55 Å². The molecule has 4 nitrogen and oxygen atoms in total. The van der Waals surface area contributed by atoms with Gasteiger partial charge >= 0.3 is 0 Å². The Bertz CT molecular complexity index is 433. The fourth-order valence-electron chi connectivity index (χ4n) is 2.35. The van der Waals surface area contributed by atoms with Gasteiger partial charge in [-0.15, -0.1) is 0 Å². The van der Waals surface area contributed by atoms with Crippen molar-refractivity contribution in [2.45, 2.75) is 70.9 Å². The Morgan fingerprint density at radius 2 is 2.11 bits per heavy atom. The Morgan fingerprint density at radius 1 is 1.42 bits per heavy atom. The van der Waals surface area contributed by atoms with Crippen LogP contribution in [0.3, 0.4) is 0 Å². The van der Waals surface area contributed by atoms with Gasteiger partial charge in [-0.2, -0.15) is 0 Å². The summed E-state index contributed by atoms with van der Waals surface area (Å²) < 4.78 is 7.74. The average molecular weight is 265 g/mol. The summed E-state index contributed by atoms with van der Waals surface area (Å²) in [5, 5.41) is 0. The predicted molar refractivity (Wildman–Crippen MR) is 78.3 cm³/mol. The van der Waals surface area contributed by atoms with E-state index in [0.29, 0.717) is 5.92 Å². The van der Waals surface area contributed by atoms with E-state index in [-0.39, 0.29) is 5.60 Å². The highest BCUT2D eigenvalue weighted by Gasteiger charge is 2.31. The summed E-state index contributed by atoms with van der Waals surface area (Å²) in [5.74, 6) is 2.69. The molecule has 0 aromatic carbocycles. The molecule has 1 fully saturated rings. The molecule has 1 aliphatic carbocycles. The lowest BCUT2D eigenvalue weighted by Crippen LogP contribution is -2.26. The van der Waals surface area contributed by atoms with Gasteiger partial charge in [0.2, 0.25) is 0 Å². The van der Waals surface area contributed by atoms with Crippen LogP contribution in [0.25, 0.3) is 0 Å². The zero-order chi connectivity index (χ0) is 14.0. The van der Waals surface area contributed by atoms with E-state index in [1.165, 1.54) is 25.1 Å². The van der Waals surface area contributed by atoms with Crippen LogP contribution in [0.1, 0.15) is 63.9 Å². The van der Waals surface area contributed by atoms with Crippen molar-refractivity contribution in [3.63, 3.8) is 0 Å². The molecule has 0 spiro atoms. The fraction of sp³-hybridized carbons (Fsp3) is 0.800. The highest BCUT2D eigenvalue weighted by molar-refractivity contribution is 5.40. The molecular weight excluding hydrogens is 238 g/mol. The van der Waals surface area contributed by atoms with Crippen LogP contribution >= 0.6 is 0 Å². The van der Waals surface area contributed by atoms with Crippen molar-refractivity contribution in [3.05, 3.63) is 11.5 Å². The number of imidazole rings is 1. The molecule has 0 radical (unpaired) electrons. The van der Waals surface area contributed by atoms with Crippen molar-refractivity contribution < 1.29 is 4.74 Å². The molecule has 1 heterocycles. The number of anilines is 1. The first-order valence-corrected chi connectivity index (χ1v) is 7.38. The lowest BCUT2D eigenvalue weighted by atomic mass is 10.0. The van der Waals surface area contributed by atoms with Crippen molar-refractivity contribution in [3.8, 4) is 0 Å². The molecule has 19 heavy (non-hydrogen) atoms. The third-order valence-corrected chi connectivity index (χ3v) is 3.94. The smallest absolute Gasteiger partial charge is 0.126 e. The molecule has 2 N–H and O–H groups in total. The Hall–Kier alpha value is -1.03. The van der Waals surface area contributed by atoms with Gasteiger partial charge in [-0.25, -0.2) is 4.98 Å². The van der Waals surface area contributed by atoms with Crippen molar-refractivity contribution in [2.24, 2.45) is 0 Å². The summed E-state index contributed by atoms with van der Waals surface area (Å²) in [4.78, 5) is 4.82. The predicted octanol–water partition coefficient (Wildman–Crippen LogP) is 3.11. The van der Waals surface area contributed by atoms with Gasteiger partial charge in [0.25, 0.3) is 0 Å². The van der Waals surface area contributed by atoms with Gasteiger partial charge < -0.3 is 15.0 Å². The first kappa shape index (κ1) is 14.4. The van der Waals surface area contributed by atoms with Gasteiger partial charge in [-0.1, -0.05) is 13.3 Å². The van der Waals surface area contributed by atoms with Crippen LogP contribution in [0.4, 0.5) is 5.82 Å². The van der Waals surface area contributed by atoms with Crippen LogP contribution in [0.5, 0.6) is 0 Å². The maximum Gasteiger partial charge on any atom is 0.126 e. The molecule has 1 aromatic heterocycles. The van der Waals surface area contributed by atoms with Gasteiger partial charge in [0.05, 0.1) is 11.3 Å². The van der Waals surface area contributed by atoms with E-state index in [9.17, 15) is 0 Å². The lowest BCUT2D eigenvalue weighted by Gasteiger charge is -2.21. The number of ether oxygens (including phenoxy) is 1. The molecule has 4 heteroatoms. The molecule has 1 aromatic rings. The summed E-state index contributed by atoms with van der Waals surface area (Å²) in [5.41, 5.74) is 7.11. The highest BCUT2D eigenvalue weighted by atomic mass is 16.5. The SMILES string of the molecule is CCCCn1c(C2CC2)nc(CC(C)(C)OC)c1N. The number of aromatic nitrogens is 2. The van der Waals surface area contributed by atoms with Gasteiger partial charge in [0, 0.05) is 26.0 Å². The molecule has 0 saturated heterocycles. The molecule has 0 aliphatic heterocycles. The summed E-state index contributed by atoms with van der Waals surface area (Å²) in [7, 11) is 1.74. The third kappa shape index (κ3) is 3.30. The molecule has 0 bridgehead atoms. The van der Waals surface area contributed by atoms with Crippen molar-refractivity contribution in [2.75, 3.05) is 12.8 Å². The fourth-order valence-corrected chi connectivity index (χ4v) is 2.35. The number of nitrogen functional groups attached to an aromatic ring is 1. The largest absolute Gasteiger partial charge is 0.384 e. The van der Waals surface area contributed by atoms with Gasteiger partial charge in [0.1, 0.15) is 11.6 Å². The number of nitrogens with two attached hydrogens (primary N) is 1. The molecule has 1 saturated carbocycles. The molecule has 1 aliphatic rings. The van der Waals surface area contributed by atoms with Crippen LogP contribution in [-0.2, 0) is 17.7 Å². The Labute approximate surface area is 116 Å². The van der Waals surface area contributed by atoms with E-state index in [1.54, 1.807) is 7.11 Å². The van der Waals surface area contributed by atoms with E-state index in [4.69, 9.17) is 15.5 Å². The summed E-state index contributed by atoms with van der Waals surface area (Å²) in [6.07, 6.45) is 5.63. The van der Waals surface area contributed by atoms with Gasteiger partial charge in [-0.05, 0) is 33.1 Å². The second-order valence-electron chi connectivity index (χ2n) is 6.22. The number of unbranched alkanes of at least 4 members (excludes halogenated alkanes) is 1. The maximum atomic E-state index is 6.32. The van der Waals surface area contributed by atoms with E-state index < -0.39 is 0 Å². The number of methoxy groups -OCH3 is 1. The summed E-state index contributed by atoms with van der Waals surface area (Å²) in [6.45, 7) is 7.36. The number of nitrogens with zero attached hydrogens (tertiary/aromatic N) is 2. The number of rotatable bonds is 7. The Balaban J connectivity index is 2.24. The Kier molecular flexibility index (Phi) is 4.19. The van der Waals surface area contributed by atoms with E-state index in [0.717, 1.165) is 30.9 Å². The highest BCUT2D eigenvalue weighted by Crippen LogP contribution is 2.41. The number of hydrogen-bond donors (Lipinski definition) is 1. The van der Waals surface area contributed by atoms with E-state index in [1.807, 2.05) is 0 Å². The average Bonchev–Trinajstić information content (AvgIpc) is 3.16. The van der Waals surface area contributed by atoms with Crippen LogP contribution in [-0.4, -0.2) is 22.3 Å². The summed E-state index contributed by atoms with van der Waals surface area (Å²) in [6, 6.07) is 0. The van der Waals surface area contributed by atoms with E-state index >= 15 is 0 Å². The molecule has 108 valence electrons. The molecular formula is C15H27N3O. The zero-order valence-corrected chi connectivity index (χ0v) is 12.7. The minimum absolute atomic E-state index is 0.209. The molecule has 0 atom stereocenters. The maximum absolute atomic E-state index is 6.32. The van der Waals surface area contributed by atoms with Crippen LogP contribution in [0.2, 0.25) is 0 Å². The van der Waals surface area contributed by atoms with Crippen molar-refractivity contribution in [1.29, 1.82) is 0 Å². The molecule has 2 rings (SSSR count). The van der Waals surface area contributed by atoms with Crippen LogP contribution in [0.15, 0.2) is 0 Å². The van der Waals surface area contributed by atoms with Crippen molar-refractivity contribution >= 4 is 5.82 Å². The molecule has 0 unspecified atom stereocenters. The van der Waals surface area contributed by atoms with E-state index in [2.05, 4.69) is 25.3 Å². The number of hydrogen-bond acceptors (Lipinski definition) is 3. The second-order valence-corrected chi connectivity index (χ2v) is 6.22. The zero-order valence-electron chi connectivity index (χ0n) is 12.7. The topological polar surface area (TPSA) is 53.1 Å². The second kappa shape index (κ2) is 5.53. The first-order valence-electron chi connectivity index (χ1n) is 7.38. The van der Waals surface area contributed by atoms with Gasteiger partial charge in [0.15, 0.2) is 0 Å². The Morgan fingerprint density at radius 3 is 2.63 bits per heavy atom. The normalized spacial score (nSPS) is 16.0. The summed E-state index contributed by atoms with van der Waals surface area (Å²) >= 11 is 0. The first-order chi connectivity index (χ1) is 8.98. The quantitative estimate of drug-likeness (QED) is 0.824.